The highest BCUT2D eigenvalue weighted by Crippen LogP contribution is 2.40. The van der Waals surface area contributed by atoms with E-state index in [4.69, 9.17) is 5.73 Å². The number of carbonyl (C=O) groups excluding carboxylic acids is 1. The van der Waals surface area contributed by atoms with Crippen molar-refractivity contribution in [2.45, 2.75) is 24.7 Å². The molecule has 6 nitrogen and oxygen atoms in total. The van der Waals surface area contributed by atoms with Gasteiger partial charge >= 0.3 is 12.0 Å². The van der Waals surface area contributed by atoms with Crippen molar-refractivity contribution in [2.75, 3.05) is 0 Å². The van der Waals surface area contributed by atoms with Crippen molar-refractivity contribution in [1.29, 1.82) is 0 Å². The summed E-state index contributed by atoms with van der Waals surface area (Å²) in [5, 5.41) is 13.4. The molecule has 0 saturated heterocycles. The van der Waals surface area contributed by atoms with E-state index < -0.39 is 17.4 Å². The Morgan fingerprint density at radius 3 is 2.58 bits per heavy atom. The minimum Gasteiger partial charge on any atom is -0.481 e. The molecule has 1 aliphatic rings. The maximum atomic E-state index is 11.6. The summed E-state index contributed by atoms with van der Waals surface area (Å²) in [6.45, 7) is 0. The van der Waals surface area contributed by atoms with Crippen molar-refractivity contribution in [2.24, 2.45) is 10.8 Å². The highest BCUT2D eigenvalue weighted by Gasteiger charge is 2.45. The fourth-order valence-electron chi connectivity index (χ4n) is 2.42. The molecule has 4 N–H and O–H groups in total. The van der Waals surface area contributed by atoms with Crippen molar-refractivity contribution < 1.29 is 14.7 Å². The largest absolute Gasteiger partial charge is 0.481 e. The Morgan fingerprint density at radius 2 is 2.00 bits per heavy atom. The number of primary amides is 1. The highest BCUT2D eigenvalue weighted by atomic mass is 16.4. The Balaban J connectivity index is 2.28. The Labute approximate surface area is 110 Å². The Kier molecular flexibility index (Phi) is 3.50. The lowest BCUT2D eigenvalue weighted by Gasteiger charge is -2.23. The van der Waals surface area contributed by atoms with E-state index in [0.29, 0.717) is 18.6 Å². The molecule has 1 aliphatic carbocycles. The van der Waals surface area contributed by atoms with E-state index in [1.54, 1.807) is 12.1 Å². The molecule has 1 fully saturated rings. The van der Waals surface area contributed by atoms with Crippen LogP contribution < -0.4 is 11.2 Å². The Bertz CT molecular complexity index is 527. The number of aliphatic carboxylic acids is 1. The third-order valence-corrected chi connectivity index (χ3v) is 3.41. The predicted octanol–water partition coefficient (Wildman–Crippen LogP) is 1.22. The zero-order valence-corrected chi connectivity index (χ0v) is 10.3. The lowest BCUT2D eigenvalue weighted by atomic mass is 9.79. The lowest BCUT2D eigenvalue weighted by Crippen LogP contribution is -2.33. The normalized spacial score (nSPS) is 24.3. The van der Waals surface area contributed by atoms with Gasteiger partial charge in [0, 0.05) is 12.1 Å². The predicted molar refractivity (Wildman–Crippen MR) is 69.8 cm³/mol. The molecule has 1 aromatic carbocycles. The van der Waals surface area contributed by atoms with Crippen LogP contribution in [0.2, 0.25) is 0 Å². The minimum absolute atomic E-state index is 0.284. The standard InChI is InChI=1S/C13H15N3O3/c14-12(19)16-15-10-6-7-13(8-10,11(17)18)9-4-2-1-3-5-9/h1-5H,6-8H2,(H,17,18)(H3,14,16,19)/b15-10+/t13-/m0/s1. The number of nitrogens with zero attached hydrogens (tertiary/aromatic N) is 1. The van der Waals surface area contributed by atoms with Gasteiger partial charge in [0.25, 0.3) is 0 Å². The summed E-state index contributed by atoms with van der Waals surface area (Å²) in [5.74, 6) is -0.872. The van der Waals surface area contributed by atoms with Crippen LogP contribution in [0.3, 0.4) is 0 Å². The smallest absolute Gasteiger partial charge is 0.332 e. The number of urea groups is 1. The average Bonchev–Trinajstić information content (AvgIpc) is 2.83. The molecule has 0 spiro atoms. The van der Waals surface area contributed by atoms with E-state index >= 15 is 0 Å². The number of carboxylic acid groups (broad SMARTS) is 1. The Hall–Kier alpha value is -2.37. The fraction of sp³-hybridized carbons (Fsp3) is 0.308. The molecule has 0 aliphatic heterocycles. The van der Waals surface area contributed by atoms with Crippen LogP contribution in [0.4, 0.5) is 4.79 Å². The molecule has 2 rings (SSSR count). The molecule has 1 atom stereocenters. The second kappa shape index (κ2) is 5.09. The number of benzene rings is 1. The number of nitrogens with one attached hydrogen (secondary N) is 1. The number of amides is 2. The van der Waals surface area contributed by atoms with E-state index in [2.05, 4.69) is 10.5 Å². The molecule has 100 valence electrons. The summed E-state index contributed by atoms with van der Waals surface area (Å²) >= 11 is 0. The molecule has 1 saturated carbocycles. The van der Waals surface area contributed by atoms with Crippen LogP contribution in [0.1, 0.15) is 24.8 Å². The summed E-state index contributed by atoms with van der Waals surface area (Å²) in [5.41, 5.74) is 7.53. The fourth-order valence-corrected chi connectivity index (χ4v) is 2.42. The van der Waals surface area contributed by atoms with Crippen molar-refractivity contribution in [3.63, 3.8) is 0 Å². The van der Waals surface area contributed by atoms with Gasteiger partial charge in [0.15, 0.2) is 0 Å². The highest BCUT2D eigenvalue weighted by molar-refractivity contribution is 5.97. The molecule has 0 bridgehead atoms. The van der Waals surface area contributed by atoms with Crippen molar-refractivity contribution in [3.8, 4) is 0 Å². The third kappa shape index (κ3) is 2.57. The number of hydrazone groups is 1. The number of carbonyl (C=O) groups is 2. The molecular weight excluding hydrogens is 246 g/mol. The first-order chi connectivity index (χ1) is 9.04. The van der Waals surface area contributed by atoms with E-state index in [-0.39, 0.29) is 6.42 Å². The van der Waals surface area contributed by atoms with Crippen molar-refractivity contribution >= 4 is 17.7 Å². The summed E-state index contributed by atoms with van der Waals surface area (Å²) in [6.07, 6.45) is 1.28. The summed E-state index contributed by atoms with van der Waals surface area (Å²) in [4.78, 5) is 22.2. The Morgan fingerprint density at radius 1 is 1.32 bits per heavy atom. The minimum atomic E-state index is -0.959. The number of carboxylic acids is 1. The van der Waals surface area contributed by atoms with Crippen LogP contribution in [0, 0.1) is 0 Å². The van der Waals surface area contributed by atoms with Crippen molar-refractivity contribution in [1.82, 2.24) is 5.43 Å². The number of rotatable bonds is 3. The quantitative estimate of drug-likeness (QED) is 0.712. The molecule has 19 heavy (non-hydrogen) atoms. The zero-order chi connectivity index (χ0) is 13.9. The topological polar surface area (TPSA) is 105 Å². The number of hydrogen-bond acceptors (Lipinski definition) is 3. The molecule has 6 heteroatoms. The molecule has 1 aromatic rings. The maximum Gasteiger partial charge on any atom is 0.332 e. The van der Waals surface area contributed by atoms with Gasteiger partial charge in [-0.15, -0.1) is 0 Å². The number of nitrogens with two attached hydrogens (primary N) is 1. The van der Waals surface area contributed by atoms with Crippen LogP contribution in [0.5, 0.6) is 0 Å². The van der Waals surface area contributed by atoms with Gasteiger partial charge in [0.05, 0.1) is 5.41 Å². The molecule has 0 radical (unpaired) electrons. The van der Waals surface area contributed by atoms with E-state index in [1.807, 2.05) is 18.2 Å². The van der Waals surface area contributed by atoms with Gasteiger partial charge in [0.2, 0.25) is 0 Å². The van der Waals surface area contributed by atoms with Crippen LogP contribution in [-0.4, -0.2) is 22.8 Å². The summed E-state index contributed by atoms with van der Waals surface area (Å²) < 4.78 is 0. The lowest BCUT2D eigenvalue weighted by molar-refractivity contribution is -0.143. The second-order valence-electron chi connectivity index (χ2n) is 4.58. The molecule has 0 aromatic heterocycles. The zero-order valence-electron chi connectivity index (χ0n) is 10.3. The first-order valence-electron chi connectivity index (χ1n) is 5.94. The summed E-state index contributed by atoms with van der Waals surface area (Å²) in [7, 11) is 0. The van der Waals surface area contributed by atoms with E-state index in [9.17, 15) is 14.7 Å². The van der Waals surface area contributed by atoms with Gasteiger partial charge in [-0.2, -0.15) is 5.10 Å². The van der Waals surface area contributed by atoms with Gasteiger partial charge in [-0.05, 0) is 18.4 Å². The van der Waals surface area contributed by atoms with Gasteiger partial charge in [0.1, 0.15) is 0 Å². The van der Waals surface area contributed by atoms with Crippen molar-refractivity contribution in [3.05, 3.63) is 35.9 Å². The van der Waals surface area contributed by atoms with Crippen LogP contribution in [-0.2, 0) is 10.2 Å². The monoisotopic (exact) mass is 261 g/mol. The van der Waals surface area contributed by atoms with Gasteiger partial charge in [-0.1, -0.05) is 30.3 Å². The van der Waals surface area contributed by atoms with Gasteiger partial charge in [-0.3, -0.25) is 4.79 Å². The van der Waals surface area contributed by atoms with Crippen LogP contribution in [0.25, 0.3) is 0 Å². The number of hydrogen-bond donors (Lipinski definition) is 3. The van der Waals surface area contributed by atoms with E-state index in [1.165, 1.54) is 0 Å². The van der Waals surface area contributed by atoms with E-state index in [0.717, 1.165) is 5.56 Å². The SMILES string of the molecule is NC(=O)N/N=C1\CC[C@@](C(=O)O)(c2ccccc2)C1. The molecule has 0 unspecified atom stereocenters. The average molecular weight is 261 g/mol. The van der Waals surface area contributed by atoms with Gasteiger partial charge < -0.3 is 10.8 Å². The van der Waals surface area contributed by atoms with Crippen LogP contribution in [0.15, 0.2) is 35.4 Å². The first-order valence-corrected chi connectivity index (χ1v) is 5.94. The second-order valence-corrected chi connectivity index (χ2v) is 4.58. The molecule has 2 amide bonds. The maximum absolute atomic E-state index is 11.6. The molecule has 0 heterocycles. The van der Waals surface area contributed by atoms with Crippen LogP contribution >= 0.6 is 0 Å². The molecular formula is C13H15N3O3. The summed E-state index contributed by atoms with van der Waals surface area (Å²) in [6, 6.07) is 8.34. The first kappa shape index (κ1) is 13.1. The van der Waals surface area contributed by atoms with Gasteiger partial charge in [-0.25, -0.2) is 10.2 Å². The third-order valence-electron chi connectivity index (χ3n) is 3.41.